The lowest BCUT2D eigenvalue weighted by molar-refractivity contribution is -0.116. The number of carbonyl (C=O) groups excluding carboxylic acids is 1. The van der Waals surface area contributed by atoms with Gasteiger partial charge in [-0.05, 0) is 42.7 Å². The Balaban J connectivity index is 1.85. The molecule has 6 nitrogen and oxygen atoms in total. The van der Waals surface area contributed by atoms with E-state index in [-0.39, 0.29) is 11.5 Å². The molecule has 0 atom stereocenters. The van der Waals surface area contributed by atoms with Gasteiger partial charge in [-0.2, -0.15) is 0 Å². The van der Waals surface area contributed by atoms with Crippen molar-refractivity contribution in [3.8, 4) is 11.1 Å². The van der Waals surface area contributed by atoms with Crippen molar-refractivity contribution in [2.75, 3.05) is 5.32 Å². The summed E-state index contributed by atoms with van der Waals surface area (Å²) in [5, 5.41) is 3.40. The maximum absolute atomic E-state index is 12.6. The van der Waals surface area contributed by atoms with E-state index in [9.17, 15) is 9.59 Å². The number of nitrogens with zero attached hydrogens (tertiary/aromatic N) is 3. The predicted octanol–water partition coefficient (Wildman–Crippen LogP) is 4.00. The average Bonchev–Trinajstić information content (AvgIpc) is 2.69. The molecule has 0 aliphatic heterocycles. The smallest absolute Gasteiger partial charge is 0.261 e. The van der Waals surface area contributed by atoms with Gasteiger partial charge in [-0.3, -0.25) is 14.2 Å². The third kappa shape index (κ3) is 4.39. The highest BCUT2D eigenvalue weighted by Gasteiger charge is 2.08. The zero-order valence-corrected chi connectivity index (χ0v) is 15.7. The number of fused-ring (bicyclic) bond motifs is 1. The van der Waals surface area contributed by atoms with E-state index in [4.69, 9.17) is 0 Å². The van der Waals surface area contributed by atoms with E-state index < -0.39 is 0 Å². The molecule has 2 heterocycles. The van der Waals surface area contributed by atoms with E-state index in [1.165, 1.54) is 0 Å². The van der Waals surface area contributed by atoms with Gasteiger partial charge in [0.05, 0.1) is 17.2 Å². The van der Waals surface area contributed by atoms with Crippen LogP contribution >= 0.6 is 0 Å². The minimum absolute atomic E-state index is 0.0228. The van der Waals surface area contributed by atoms with Crippen LogP contribution in [0.15, 0.2) is 47.7 Å². The second kappa shape index (κ2) is 8.58. The van der Waals surface area contributed by atoms with Crippen LogP contribution in [0.4, 0.5) is 5.82 Å². The number of hydrogen-bond acceptors (Lipinski definition) is 4. The Morgan fingerprint density at radius 3 is 2.59 bits per heavy atom. The second-order valence-electron chi connectivity index (χ2n) is 6.56. The molecule has 1 N–H and O–H groups in total. The topological polar surface area (TPSA) is 76.9 Å². The normalized spacial score (nSPS) is 10.9. The number of anilines is 1. The molecular weight excluding hydrogens is 340 g/mol. The van der Waals surface area contributed by atoms with Crippen LogP contribution in [0, 0.1) is 0 Å². The molecular formula is C21H24N4O2. The number of aryl methyl sites for hydroxylation is 1. The summed E-state index contributed by atoms with van der Waals surface area (Å²) in [5.74, 6) is 0.512. The van der Waals surface area contributed by atoms with Gasteiger partial charge in [0.2, 0.25) is 5.91 Å². The predicted molar refractivity (Wildman–Crippen MR) is 108 cm³/mol. The highest BCUT2D eigenvalue weighted by Crippen LogP contribution is 2.22. The molecule has 0 saturated heterocycles. The van der Waals surface area contributed by atoms with Crippen molar-refractivity contribution < 1.29 is 4.79 Å². The van der Waals surface area contributed by atoms with Crippen LogP contribution in [0.5, 0.6) is 0 Å². The highest BCUT2D eigenvalue weighted by atomic mass is 16.1. The average molecular weight is 364 g/mol. The molecule has 0 saturated carbocycles. The molecule has 0 unspecified atom stereocenters. The quantitative estimate of drug-likeness (QED) is 0.687. The van der Waals surface area contributed by atoms with Crippen LogP contribution in [0.25, 0.3) is 22.0 Å². The summed E-state index contributed by atoms with van der Waals surface area (Å²) < 4.78 is 1.64. The van der Waals surface area contributed by atoms with E-state index >= 15 is 0 Å². The first-order chi connectivity index (χ1) is 13.1. The van der Waals surface area contributed by atoms with Gasteiger partial charge >= 0.3 is 0 Å². The first-order valence-electron chi connectivity index (χ1n) is 9.38. The molecule has 3 aromatic rings. The lowest BCUT2D eigenvalue weighted by Crippen LogP contribution is -2.20. The third-order valence-electron chi connectivity index (χ3n) is 4.41. The number of nitrogens with one attached hydrogen (secondary N) is 1. The molecule has 0 fully saturated rings. The number of unbranched alkanes of at least 4 members (excludes halogenated alkanes) is 1. The molecule has 1 amide bonds. The fourth-order valence-electron chi connectivity index (χ4n) is 2.92. The van der Waals surface area contributed by atoms with Crippen LogP contribution in [0.3, 0.4) is 0 Å². The minimum atomic E-state index is -0.0310. The molecule has 0 bridgehead atoms. The molecule has 0 aliphatic carbocycles. The van der Waals surface area contributed by atoms with Crippen LogP contribution in [0.1, 0.15) is 39.5 Å². The Bertz CT molecular complexity index is 993. The van der Waals surface area contributed by atoms with Crippen molar-refractivity contribution in [3.05, 3.63) is 53.2 Å². The van der Waals surface area contributed by atoms with Crippen molar-refractivity contribution in [2.45, 2.75) is 46.1 Å². The second-order valence-corrected chi connectivity index (χ2v) is 6.56. The SMILES string of the molecule is CCCCC(=O)Nc1ccc(-c2ccc3ncn(CCC)c(=O)c3c2)cn1. The van der Waals surface area contributed by atoms with E-state index in [1.54, 1.807) is 23.2 Å². The van der Waals surface area contributed by atoms with Crippen molar-refractivity contribution in [1.82, 2.24) is 14.5 Å². The van der Waals surface area contributed by atoms with Crippen molar-refractivity contribution in [3.63, 3.8) is 0 Å². The molecule has 0 radical (unpaired) electrons. The van der Waals surface area contributed by atoms with E-state index in [0.29, 0.717) is 29.7 Å². The number of hydrogen-bond donors (Lipinski definition) is 1. The monoisotopic (exact) mass is 364 g/mol. The summed E-state index contributed by atoms with van der Waals surface area (Å²) in [5.41, 5.74) is 2.43. The van der Waals surface area contributed by atoms with E-state index in [2.05, 4.69) is 22.2 Å². The molecule has 6 heteroatoms. The molecule has 3 rings (SSSR count). The van der Waals surface area contributed by atoms with Crippen LogP contribution in [-0.2, 0) is 11.3 Å². The molecule has 2 aromatic heterocycles. The van der Waals surface area contributed by atoms with E-state index in [0.717, 1.165) is 30.4 Å². The number of amides is 1. The van der Waals surface area contributed by atoms with Gasteiger partial charge in [-0.1, -0.05) is 26.3 Å². The van der Waals surface area contributed by atoms with Gasteiger partial charge in [0, 0.05) is 24.7 Å². The number of pyridine rings is 1. The summed E-state index contributed by atoms with van der Waals surface area (Å²) in [4.78, 5) is 33.1. The Morgan fingerprint density at radius 1 is 1.07 bits per heavy atom. The fourth-order valence-corrected chi connectivity index (χ4v) is 2.92. The van der Waals surface area contributed by atoms with Gasteiger partial charge in [0.1, 0.15) is 5.82 Å². The molecule has 1 aromatic carbocycles. The molecule has 0 aliphatic rings. The summed E-state index contributed by atoms with van der Waals surface area (Å²) in [6, 6.07) is 9.30. The first-order valence-corrected chi connectivity index (χ1v) is 9.38. The standard InChI is InChI=1S/C21H24N4O2/c1-3-5-6-20(26)24-19-10-8-16(13-22-19)15-7-9-18-17(12-15)21(27)25(11-4-2)14-23-18/h7-10,12-14H,3-6,11H2,1-2H3,(H,22,24,26). The zero-order chi connectivity index (χ0) is 19.2. The molecule has 0 spiro atoms. The minimum Gasteiger partial charge on any atom is -0.311 e. The highest BCUT2D eigenvalue weighted by molar-refractivity contribution is 5.90. The zero-order valence-electron chi connectivity index (χ0n) is 15.7. The van der Waals surface area contributed by atoms with E-state index in [1.807, 2.05) is 31.2 Å². The van der Waals surface area contributed by atoms with Gasteiger partial charge in [0.15, 0.2) is 0 Å². The summed E-state index contributed by atoms with van der Waals surface area (Å²) in [6.07, 6.45) is 6.54. The van der Waals surface area contributed by atoms with Gasteiger partial charge in [-0.15, -0.1) is 0 Å². The Hall–Kier alpha value is -3.02. The largest absolute Gasteiger partial charge is 0.311 e. The molecule has 140 valence electrons. The maximum Gasteiger partial charge on any atom is 0.261 e. The Kier molecular flexibility index (Phi) is 5.96. The fraction of sp³-hybridized carbons (Fsp3) is 0.333. The summed E-state index contributed by atoms with van der Waals surface area (Å²) in [7, 11) is 0. The lowest BCUT2D eigenvalue weighted by atomic mass is 10.1. The summed E-state index contributed by atoms with van der Waals surface area (Å²) >= 11 is 0. The van der Waals surface area contributed by atoms with Gasteiger partial charge in [-0.25, -0.2) is 9.97 Å². The maximum atomic E-state index is 12.6. The van der Waals surface area contributed by atoms with Gasteiger partial charge in [0.25, 0.3) is 5.56 Å². The number of benzene rings is 1. The summed E-state index contributed by atoms with van der Waals surface area (Å²) in [6.45, 7) is 4.73. The number of carbonyl (C=O) groups is 1. The Labute approximate surface area is 158 Å². The molecule has 27 heavy (non-hydrogen) atoms. The van der Waals surface area contributed by atoms with Crippen LogP contribution < -0.4 is 10.9 Å². The number of rotatable bonds is 7. The van der Waals surface area contributed by atoms with Crippen molar-refractivity contribution in [1.29, 1.82) is 0 Å². The first kappa shape index (κ1) is 18.8. The van der Waals surface area contributed by atoms with Crippen molar-refractivity contribution >= 4 is 22.6 Å². The lowest BCUT2D eigenvalue weighted by Gasteiger charge is -2.08. The Morgan fingerprint density at radius 2 is 1.89 bits per heavy atom. The van der Waals surface area contributed by atoms with Crippen LogP contribution in [0.2, 0.25) is 0 Å². The van der Waals surface area contributed by atoms with Crippen LogP contribution in [-0.4, -0.2) is 20.4 Å². The third-order valence-corrected chi connectivity index (χ3v) is 4.41. The van der Waals surface area contributed by atoms with Crippen molar-refractivity contribution in [2.24, 2.45) is 0 Å². The van der Waals surface area contributed by atoms with Gasteiger partial charge < -0.3 is 5.32 Å². The number of aromatic nitrogens is 3.